The predicted octanol–water partition coefficient (Wildman–Crippen LogP) is 16.0. The zero-order chi connectivity index (χ0) is 39.3. The van der Waals surface area contributed by atoms with Gasteiger partial charge in [-0.15, -0.1) is 0 Å². The van der Waals surface area contributed by atoms with Crippen LogP contribution in [0.15, 0.2) is 0 Å². The van der Waals surface area contributed by atoms with E-state index in [0.29, 0.717) is 12.8 Å². The SMILES string of the molecule is CCCCCCCCCCCCCCCCCCCCCCCCCCCCCCCCCCCC(O)C(CO)NC(=O)CCCCCCCCCCC. The maximum absolute atomic E-state index is 12.3. The van der Waals surface area contributed by atoms with Crippen molar-refractivity contribution in [2.45, 2.75) is 309 Å². The van der Waals surface area contributed by atoms with Crippen LogP contribution in [0.4, 0.5) is 0 Å². The van der Waals surface area contributed by atoms with Crippen molar-refractivity contribution in [1.82, 2.24) is 5.32 Å². The number of aliphatic hydroxyl groups is 2. The van der Waals surface area contributed by atoms with Gasteiger partial charge in [0, 0.05) is 6.42 Å². The van der Waals surface area contributed by atoms with Crippen LogP contribution in [-0.4, -0.2) is 34.9 Å². The van der Waals surface area contributed by atoms with E-state index in [-0.39, 0.29) is 12.5 Å². The van der Waals surface area contributed by atoms with Crippen molar-refractivity contribution < 1.29 is 15.0 Å². The topological polar surface area (TPSA) is 69.6 Å². The van der Waals surface area contributed by atoms with Crippen molar-refractivity contribution in [2.24, 2.45) is 0 Å². The Labute approximate surface area is 340 Å². The summed E-state index contributed by atoms with van der Waals surface area (Å²) in [5.74, 6) is -0.0303. The second-order valence-electron chi connectivity index (χ2n) is 17.6. The van der Waals surface area contributed by atoms with E-state index in [1.165, 1.54) is 244 Å². The second-order valence-corrected chi connectivity index (χ2v) is 17.6. The summed E-state index contributed by atoms with van der Waals surface area (Å²) >= 11 is 0. The highest BCUT2D eigenvalue weighted by atomic mass is 16.3. The Hall–Kier alpha value is -0.610. The molecule has 0 bridgehead atoms. The highest BCUT2D eigenvalue weighted by Gasteiger charge is 2.20. The molecule has 0 saturated carbocycles. The van der Waals surface area contributed by atoms with Gasteiger partial charge in [-0.3, -0.25) is 4.79 Å². The second kappa shape index (κ2) is 46.8. The highest BCUT2D eigenvalue weighted by Crippen LogP contribution is 2.18. The number of unbranched alkanes of at least 4 members (excludes halogenated alkanes) is 40. The molecule has 3 N–H and O–H groups in total. The molecule has 324 valence electrons. The van der Waals surface area contributed by atoms with Gasteiger partial charge in [-0.05, 0) is 12.8 Å². The van der Waals surface area contributed by atoms with Gasteiger partial charge in [0.05, 0.1) is 18.8 Å². The smallest absolute Gasteiger partial charge is 0.220 e. The molecule has 0 aliphatic heterocycles. The first-order chi connectivity index (χ1) is 26.7. The lowest BCUT2D eigenvalue weighted by Crippen LogP contribution is -2.45. The van der Waals surface area contributed by atoms with Crippen LogP contribution in [0.2, 0.25) is 0 Å². The van der Waals surface area contributed by atoms with Gasteiger partial charge >= 0.3 is 0 Å². The normalized spacial score (nSPS) is 12.7. The van der Waals surface area contributed by atoms with Crippen molar-refractivity contribution in [3.8, 4) is 0 Å². The van der Waals surface area contributed by atoms with Crippen molar-refractivity contribution in [1.29, 1.82) is 0 Å². The number of hydrogen-bond acceptors (Lipinski definition) is 3. The maximum Gasteiger partial charge on any atom is 0.220 e. The number of carbonyl (C=O) groups excluding carboxylic acids is 1. The number of amides is 1. The molecule has 0 aromatic heterocycles. The fraction of sp³-hybridized carbons (Fsp3) is 0.980. The Morgan fingerprint density at radius 3 is 0.833 bits per heavy atom. The van der Waals surface area contributed by atoms with Crippen molar-refractivity contribution in [2.75, 3.05) is 6.61 Å². The molecule has 2 unspecified atom stereocenters. The standard InChI is InChI=1S/C50H101NO3/c1-3-5-7-9-11-13-14-15-16-17-18-19-20-21-22-23-24-25-26-27-28-29-30-31-32-33-34-35-36-38-39-41-43-45-49(53)48(47-52)51-50(54)46-44-42-40-37-12-10-8-6-4-2/h48-49,52-53H,3-47H2,1-2H3,(H,51,54). The number of rotatable bonds is 47. The molecule has 4 heteroatoms. The number of aliphatic hydroxyl groups excluding tert-OH is 2. The molecule has 0 heterocycles. The van der Waals surface area contributed by atoms with Crippen LogP contribution in [-0.2, 0) is 4.79 Å². The third-order valence-corrected chi connectivity index (χ3v) is 12.1. The van der Waals surface area contributed by atoms with Gasteiger partial charge in [0.15, 0.2) is 0 Å². The first-order valence-corrected chi connectivity index (χ1v) is 25.2. The van der Waals surface area contributed by atoms with E-state index in [0.717, 1.165) is 25.7 Å². The monoisotopic (exact) mass is 764 g/mol. The molecule has 0 spiro atoms. The summed E-state index contributed by atoms with van der Waals surface area (Å²) in [6.45, 7) is 4.36. The molecule has 0 radical (unpaired) electrons. The Bertz CT molecular complexity index is 699. The summed E-state index contributed by atoms with van der Waals surface area (Å²) in [5, 5.41) is 23.1. The molecule has 0 aromatic carbocycles. The minimum absolute atomic E-state index is 0.0303. The quantitative estimate of drug-likeness (QED) is 0.0541. The molecule has 0 aromatic rings. The van der Waals surface area contributed by atoms with Gasteiger partial charge in [-0.1, -0.05) is 277 Å². The molecule has 0 rings (SSSR count). The van der Waals surface area contributed by atoms with Crippen LogP contribution >= 0.6 is 0 Å². The van der Waals surface area contributed by atoms with E-state index in [2.05, 4.69) is 19.2 Å². The molecular formula is C50H101NO3. The third-order valence-electron chi connectivity index (χ3n) is 12.1. The summed E-state index contributed by atoms with van der Waals surface area (Å²) in [7, 11) is 0. The zero-order valence-electron chi connectivity index (χ0n) is 37.3. The molecule has 54 heavy (non-hydrogen) atoms. The van der Waals surface area contributed by atoms with E-state index >= 15 is 0 Å². The minimum atomic E-state index is -0.652. The molecule has 0 saturated heterocycles. The molecule has 2 atom stereocenters. The van der Waals surface area contributed by atoms with E-state index in [1.807, 2.05) is 0 Å². The van der Waals surface area contributed by atoms with Gasteiger partial charge in [0.1, 0.15) is 0 Å². The Morgan fingerprint density at radius 1 is 0.370 bits per heavy atom. The minimum Gasteiger partial charge on any atom is -0.394 e. The van der Waals surface area contributed by atoms with Crippen molar-refractivity contribution >= 4 is 5.91 Å². The average Bonchev–Trinajstić information content (AvgIpc) is 3.18. The van der Waals surface area contributed by atoms with Crippen LogP contribution in [0.5, 0.6) is 0 Å². The molecule has 0 aliphatic rings. The highest BCUT2D eigenvalue weighted by molar-refractivity contribution is 5.76. The summed E-state index contributed by atoms with van der Waals surface area (Å²) < 4.78 is 0. The van der Waals surface area contributed by atoms with Crippen molar-refractivity contribution in [3.63, 3.8) is 0 Å². The average molecular weight is 764 g/mol. The molecule has 1 amide bonds. The fourth-order valence-corrected chi connectivity index (χ4v) is 8.25. The lowest BCUT2D eigenvalue weighted by molar-refractivity contribution is -0.123. The summed E-state index contributed by atoms with van der Waals surface area (Å²) in [6.07, 6.45) is 58.1. The first kappa shape index (κ1) is 53.4. The lowest BCUT2D eigenvalue weighted by Gasteiger charge is -2.22. The van der Waals surface area contributed by atoms with Gasteiger partial charge in [0.25, 0.3) is 0 Å². The summed E-state index contributed by atoms with van der Waals surface area (Å²) in [5.41, 5.74) is 0. The molecule has 4 nitrogen and oxygen atoms in total. The van der Waals surface area contributed by atoms with E-state index in [9.17, 15) is 15.0 Å². The van der Waals surface area contributed by atoms with E-state index < -0.39 is 12.1 Å². The number of carbonyl (C=O) groups is 1. The van der Waals surface area contributed by atoms with Crippen LogP contribution in [0.25, 0.3) is 0 Å². The molecular weight excluding hydrogens is 663 g/mol. The van der Waals surface area contributed by atoms with Crippen LogP contribution in [0, 0.1) is 0 Å². The van der Waals surface area contributed by atoms with E-state index in [4.69, 9.17) is 0 Å². The molecule has 0 fully saturated rings. The number of hydrogen-bond donors (Lipinski definition) is 3. The lowest BCUT2D eigenvalue weighted by atomic mass is 10.0. The van der Waals surface area contributed by atoms with Gasteiger partial charge in [-0.2, -0.15) is 0 Å². The maximum atomic E-state index is 12.3. The third kappa shape index (κ3) is 42.5. The Balaban J connectivity index is 3.32. The van der Waals surface area contributed by atoms with Gasteiger partial charge in [-0.25, -0.2) is 0 Å². The van der Waals surface area contributed by atoms with Crippen LogP contribution in [0.3, 0.4) is 0 Å². The van der Waals surface area contributed by atoms with Gasteiger partial charge in [0.2, 0.25) is 5.91 Å². The summed E-state index contributed by atoms with van der Waals surface area (Å²) in [4.78, 5) is 12.3. The summed E-state index contributed by atoms with van der Waals surface area (Å²) in [6, 6.07) is -0.528. The Kier molecular flexibility index (Phi) is 46.2. The zero-order valence-corrected chi connectivity index (χ0v) is 37.3. The van der Waals surface area contributed by atoms with Crippen LogP contribution in [0.1, 0.15) is 296 Å². The predicted molar refractivity (Wildman–Crippen MR) is 240 cm³/mol. The van der Waals surface area contributed by atoms with E-state index in [1.54, 1.807) is 0 Å². The largest absolute Gasteiger partial charge is 0.394 e. The number of nitrogens with one attached hydrogen (secondary N) is 1. The fourth-order valence-electron chi connectivity index (χ4n) is 8.25. The van der Waals surface area contributed by atoms with Crippen LogP contribution < -0.4 is 5.32 Å². The first-order valence-electron chi connectivity index (χ1n) is 25.2. The van der Waals surface area contributed by atoms with Crippen molar-refractivity contribution in [3.05, 3.63) is 0 Å². The molecule has 0 aliphatic carbocycles. The van der Waals surface area contributed by atoms with Gasteiger partial charge < -0.3 is 15.5 Å². The Morgan fingerprint density at radius 2 is 0.593 bits per heavy atom.